The molecule has 2 aromatic carbocycles. The SMILES string of the molecule is O=C(OCCCO)c1ccc(-c2ccc(O)cc2)cc1C(=O)OCCCO. The number of ether oxygens (including phenoxy) is 2. The molecule has 0 aliphatic carbocycles. The van der Waals surface area contributed by atoms with Crippen LogP contribution in [0.25, 0.3) is 11.1 Å². The average molecular weight is 374 g/mol. The highest BCUT2D eigenvalue weighted by Gasteiger charge is 2.20. The Balaban J connectivity index is 2.32. The van der Waals surface area contributed by atoms with E-state index in [1.165, 1.54) is 24.3 Å². The quantitative estimate of drug-likeness (QED) is 0.455. The second-order valence-corrected chi connectivity index (χ2v) is 5.73. The van der Waals surface area contributed by atoms with E-state index in [9.17, 15) is 14.7 Å². The Kier molecular flexibility index (Phi) is 7.79. The van der Waals surface area contributed by atoms with Crippen molar-refractivity contribution in [1.29, 1.82) is 0 Å². The van der Waals surface area contributed by atoms with Gasteiger partial charge in [0.2, 0.25) is 0 Å². The van der Waals surface area contributed by atoms with Crippen molar-refractivity contribution in [2.24, 2.45) is 0 Å². The summed E-state index contributed by atoms with van der Waals surface area (Å²) in [5.74, 6) is -1.26. The van der Waals surface area contributed by atoms with Gasteiger partial charge in [-0.25, -0.2) is 9.59 Å². The minimum Gasteiger partial charge on any atom is -0.508 e. The monoisotopic (exact) mass is 374 g/mol. The van der Waals surface area contributed by atoms with Crippen LogP contribution < -0.4 is 0 Å². The molecule has 0 saturated carbocycles. The molecule has 7 nitrogen and oxygen atoms in total. The Bertz CT molecular complexity index is 768. The summed E-state index contributed by atoms with van der Waals surface area (Å²) in [5.41, 5.74) is 1.52. The van der Waals surface area contributed by atoms with Gasteiger partial charge in [0.15, 0.2) is 0 Å². The fraction of sp³-hybridized carbons (Fsp3) is 0.300. The van der Waals surface area contributed by atoms with Gasteiger partial charge in [0, 0.05) is 26.1 Å². The lowest BCUT2D eigenvalue weighted by molar-refractivity contribution is 0.0434. The highest BCUT2D eigenvalue weighted by molar-refractivity contribution is 6.04. The average Bonchev–Trinajstić information content (AvgIpc) is 2.68. The van der Waals surface area contributed by atoms with Crippen molar-refractivity contribution in [3.63, 3.8) is 0 Å². The molecule has 0 aliphatic rings. The van der Waals surface area contributed by atoms with Gasteiger partial charge in [-0.05, 0) is 35.4 Å². The summed E-state index contributed by atoms with van der Waals surface area (Å²) in [6.07, 6.45) is 0.591. The summed E-state index contributed by atoms with van der Waals surface area (Å²) in [6, 6.07) is 11.1. The number of benzene rings is 2. The van der Waals surface area contributed by atoms with Crippen LogP contribution in [0.2, 0.25) is 0 Å². The molecule has 7 heteroatoms. The molecule has 0 heterocycles. The highest BCUT2D eigenvalue weighted by Crippen LogP contribution is 2.25. The first-order chi connectivity index (χ1) is 13.1. The number of hydrogen-bond acceptors (Lipinski definition) is 7. The van der Waals surface area contributed by atoms with Gasteiger partial charge in [0.25, 0.3) is 0 Å². The molecule has 0 aliphatic heterocycles. The summed E-state index contributed by atoms with van der Waals surface area (Å²) < 4.78 is 10.2. The van der Waals surface area contributed by atoms with Crippen LogP contribution >= 0.6 is 0 Å². The van der Waals surface area contributed by atoms with Gasteiger partial charge in [0.1, 0.15) is 5.75 Å². The number of aliphatic hydroxyl groups is 2. The van der Waals surface area contributed by atoms with E-state index < -0.39 is 11.9 Å². The zero-order valence-corrected chi connectivity index (χ0v) is 14.8. The Morgan fingerprint density at radius 3 is 1.81 bits per heavy atom. The standard InChI is InChI=1S/C20H22O7/c21-9-1-11-26-19(24)17-8-5-15(14-3-6-16(23)7-4-14)13-18(17)20(25)27-12-2-10-22/h3-8,13,21-23H,1-2,9-12H2. The molecule has 0 saturated heterocycles. The van der Waals surface area contributed by atoms with Gasteiger partial charge < -0.3 is 24.8 Å². The van der Waals surface area contributed by atoms with E-state index in [0.29, 0.717) is 18.4 Å². The summed E-state index contributed by atoms with van der Waals surface area (Å²) >= 11 is 0. The second kappa shape index (κ2) is 10.3. The third kappa shape index (κ3) is 5.80. The highest BCUT2D eigenvalue weighted by atomic mass is 16.5. The van der Waals surface area contributed by atoms with E-state index in [2.05, 4.69) is 0 Å². The van der Waals surface area contributed by atoms with Gasteiger partial charge in [-0.1, -0.05) is 18.2 Å². The number of carbonyl (C=O) groups is 2. The van der Waals surface area contributed by atoms with Crippen LogP contribution in [-0.2, 0) is 9.47 Å². The third-order valence-electron chi connectivity index (χ3n) is 3.73. The number of phenols is 1. The lowest BCUT2D eigenvalue weighted by atomic mass is 9.99. The summed E-state index contributed by atoms with van der Waals surface area (Å²) in [5, 5.41) is 27.0. The molecule has 3 N–H and O–H groups in total. The first-order valence-corrected chi connectivity index (χ1v) is 8.56. The molecule has 0 radical (unpaired) electrons. The molecular formula is C20H22O7. The molecule has 0 bridgehead atoms. The van der Waals surface area contributed by atoms with Crippen LogP contribution in [0.4, 0.5) is 0 Å². The van der Waals surface area contributed by atoms with Gasteiger partial charge >= 0.3 is 11.9 Å². The first-order valence-electron chi connectivity index (χ1n) is 8.56. The molecular weight excluding hydrogens is 352 g/mol. The Morgan fingerprint density at radius 2 is 1.26 bits per heavy atom. The van der Waals surface area contributed by atoms with E-state index in [1.807, 2.05) is 0 Å². The predicted molar refractivity (Wildman–Crippen MR) is 97.5 cm³/mol. The Morgan fingerprint density at radius 1 is 0.741 bits per heavy atom. The fourth-order valence-corrected chi connectivity index (χ4v) is 2.34. The maximum absolute atomic E-state index is 12.4. The number of phenolic OH excluding ortho intramolecular Hbond substituents is 1. The first kappa shape index (κ1) is 20.4. The van der Waals surface area contributed by atoms with Crippen LogP contribution in [0, 0.1) is 0 Å². The number of rotatable bonds is 9. The van der Waals surface area contributed by atoms with E-state index in [1.54, 1.807) is 18.2 Å². The molecule has 0 atom stereocenters. The van der Waals surface area contributed by atoms with Gasteiger partial charge in [0.05, 0.1) is 24.3 Å². The Hall–Kier alpha value is -2.90. The van der Waals surface area contributed by atoms with Crippen LogP contribution in [0.5, 0.6) is 5.75 Å². The molecule has 0 spiro atoms. The van der Waals surface area contributed by atoms with Crippen LogP contribution in [-0.4, -0.2) is 53.7 Å². The summed E-state index contributed by atoms with van der Waals surface area (Å²) in [6.45, 7) is -0.161. The molecule has 27 heavy (non-hydrogen) atoms. The third-order valence-corrected chi connectivity index (χ3v) is 3.73. The lowest BCUT2D eigenvalue weighted by Gasteiger charge is -2.12. The smallest absolute Gasteiger partial charge is 0.339 e. The van der Waals surface area contributed by atoms with Crippen molar-refractivity contribution in [3.05, 3.63) is 53.6 Å². The molecule has 0 fully saturated rings. The Labute approximate surface area is 156 Å². The zero-order chi connectivity index (χ0) is 19.6. The van der Waals surface area contributed by atoms with E-state index in [4.69, 9.17) is 19.7 Å². The number of carbonyl (C=O) groups excluding carboxylic acids is 2. The normalized spacial score (nSPS) is 10.4. The van der Waals surface area contributed by atoms with Crippen LogP contribution in [0.3, 0.4) is 0 Å². The fourth-order valence-electron chi connectivity index (χ4n) is 2.34. The van der Waals surface area contributed by atoms with Gasteiger partial charge in [-0.3, -0.25) is 0 Å². The number of aliphatic hydroxyl groups excluding tert-OH is 2. The second-order valence-electron chi connectivity index (χ2n) is 5.73. The zero-order valence-electron chi connectivity index (χ0n) is 14.8. The molecule has 144 valence electrons. The molecule has 2 aromatic rings. The maximum Gasteiger partial charge on any atom is 0.339 e. The topological polar surface area (TPSA) is 113 Å². The molecule has 0 aromatic heterocycles. The largest absolute Gasteiger partial charge is 0.508 e. The molecule has 0 amide bonds. The lowest BCUT2D eigenvalue weighted by Crippen LogP contribution is -2.16. The molecule has 0 unspecified atom stereocenters. The summed E-state index contributed by atoms with van der Waals surface area (Å²) in [4.78, 5) is 24.7. The van der Waals surface area contributed by atoms with Gasteiger partial charge in [-0.2, -0.15) is 0 Å². The van der Waals surface area contributed by atoms with Crippen molar-refractivity contribution in [2.45, 2.75) is 12.8 Å². The van der Waals surface area contributed by atoms with E-state index in [-0.39, 0.29) is 43.3 Å². The van der Waals surface area contributed by atoms with Crippen molar-refractivity contribution in [1.82, 2.24) is 0 Å². The molecule has 2 rings (SSSR count). The summed E-state index contributed by atoms with van der Waals surface area (Å²) in [7, 11) is 0. The maximum atomic E-state index is 12.4. The van der Waals surface area contributed by atoms with Gasteiger partial charge in [-0.15, -0.1) is 0 Å². The van der Waals surface area contributed by atoms with Crippen LogP contribution in [0.1, 0.15) is 33.6 Å². The van der Waals surface area contributed by atoms with Crippen molar-refractivity contribution in [3.8, 4) is 16.9 Å². The van der Waals surface area contributed by atoms with Crippen molar-refractivity contribution >= 4 is 11.9 Å². The predicted octanol–water partition coefficient (Wildman–Crippen LogP) is 2.14. The minimum absolute atomic E-state index is 0.0256. The van der Waals surface area contributed by atoms with Crippen LogP contribution in [0.15, 0.2) is 42.5 Å². The number of esters is 2. The number of hydrogen-bond donors (Lipinski definition) is 3. The minimum atomic E-state index is -0.696. The number of aromatic hydroxyl groups is 1. The van der Waals surface area contributed by atoms with Crippen molar-refractivity contribution in [2.75, 3.05) is 26.4 Å². The van der Waals surface area contributed by atoms with Crippen molar-refractivity contribution < 1.29 is 34.4 Å². The van der Waals surface area contributed by atoms with E-state index in [0.717, 1.165) is 5.56 Å². The van der Waals surface area contributed by atoms with E-state index >= 15 is 0 Å².